The minimum absolute atomic E-state index is 0.265. The fourth-order valence-corrected chi connectivity index (χ4v) is 5.63. The lowest BCUT2D eigenvalue weighted by molar-refractivity contribution is -0.136. The van der Waals surface area contributed by atoms with Gasteiger partial charge >= 0.3 is 5.97 Å². The van der Waals surface area contributed by atoms with Crippen molar-refractivity contribution in [3.05, 3.63) is 94.2 Å². The minimum Gasteiger partial charge on any atom is -0.490 e. The molecule has 0 aliphatic carbocycles. The molecule has 7 nitrogen and oxygen atoms in total. The molecule has 0 saturated carbocycles. The molecule has 0 unspecified atom stereocenters. The monoisotopic (exact) mass is 613 g/mol. The maximum atomic E-state index is 15.4. The lowest BCUT2D eigenvalue weighted by Gasteiger charge is -2.23. The zero-order valence-corrected chi connectivity index (χ0v) is 26.3. The molecule has 9 heteroatoms. The number of aryl methyl sites for hydroxylation is 2. The van der Waals surface area contributed by atoms with Gasteiger partial charge < -0.3 is 14.9 Å². The summed E-state index contributed by atoms with van der Waals surface area (Å²) >= 11 is 0. The number of fused-ring (bicyclic) bond motifs is 2. The molecule has 5 aromatic rings. The number of carboxylic acid groups (broad SMARTS) is 1. The number of carboxylic acids is 1. The highest BCUT2D eigenvalue weighted by Gasteiger charge is 2.27. The van der Waals surface area contributed by atoms with E-state index in [1.807, 2.05) is 44.2 Å². The van der Waals surface area contributed by atoms with Gasteiger partial charge in [-0.15, -0.1) is 0 Å². The highest BCUT2D eigenvalue weighted by Crippen LogP contribution is 2.40. The molecule has 0 bridgehead atoms. The van der Waals surface area contributed by atoms with Crippen LogP contribution in [0, 0.1) is 32.4 Å². The number of aromatic nitrogens is 3. The molecule has 2 aromatic heterocycles. The highest BCUT2D eigenvalue weighted by molar-refractivity contribution is 5.82. The normalized spacial score (nSPS) is 12.7. The Labute approximate surface area is 261 Å². The molecule has 0 saturated heterocycles. The summed E-state index contributed by atoms with van der Waals surface area (Å²) < 4.78 is 36.6. The van der Waals surface area contributed by atoms with Crippen molar-refractivity contribution in [1.29, 1.82) is 0 Å². The van der Waals surface area contributed by atoms with Crippen molar-refractivity contribution < 1.29 is 28.5 Å². The SMILES string of the molecule is CC(C)(C)O.Cc1nc2c(C)c(-c3cccc(-c4cccc(F)c4)c3)nn2c(-c2cc(F)c3c(c2C)CCCO3)c1CC(=O)O. The van der Waals surface area contributed by atoms with E-state index in [4.69, 9.17) is 19.9 Å². The average molecular weight is 614 g/mol. The Morgan fingerprint density at radius 3 is 2.29 bits per heavy atom. The lowest BCUT2D eigenvalue weighted by atomic mass is 9.91. The van der Waals surface area contributed by atoms with Gasteiger partial charge in [0.25, 0.3) is 0 Å². The van der Waals surface area contributed by atoms with Crippen LogP contribution in [0.15, 0.2) is 54.6 Å². The molecule has 0 atom stereocenters. The van der Waals surface area contributed by atoms with Crippen LogP contribution in [0.3, 0.4) is 0 Å². The van der Waals surface area contributed by atoms with E-state index in [9.17, 15) is 14.3 Å². The standard InChI is InChI=1S/C32H27F2N3O3.C4H10O/c1-17-24-11-6-12-40-31(24)27(34)15-25(17)30-26(16-28(38)39)19(3)35-32-18(2)29(36-37(30)32)22-9-4-7-20(13-22)21-8-5-10-23(33)14-21;1-4(2,3)5/h4-5,7-10,13-15H,6,11-12,16H2,1-3H3,(H,38,39);5H,1-3H3. The number of carbonyl (C=O) groups is 1. The van der Waals surface area contributed by atoms with Crippen LogP contribution in [0.25, 0.3) is 39.3 Å². The van der Waals surface area contributed by atoms with Gasteiger partial charge in [0.2, 0.25) is 0 Å². The van der Waals surface area contributed by atoms with Gasteiger partial charge in [-0.2, -0.15) is 5.10 Å². The van der Waals surface area contributed by atoms with Crippen LogP contribution in [-0.2, 0) is 17.6 Å². The average Bonchev–Trinajstić information content (AvgIpc) is 3.30. The molecule has 234 valence electrons. The third kappa shape index (κ3) is 6.73. The van der Waals surface area contributed by atoms with E-state index in [1.54, 1.807) is 38.3 Å². The molecule has 3 aromatic carbocycles. The van der Waals surface area contributed by atoms with Gasteiger partial charge in [-0.1, -0.05) is 30.3 Å². The number of aliphatic carboxylic acids is 1. The Morgan fingerprint density at radius 2 is 1.62 bits per heavy atom. The first-order valence-corrected chi connectivity index (χ1v) is 14.9. The van der Waals surface area contributed by atoms with Crippen molar-refractivity contribution in [3.8, 4) is 39.4 Å². The summed E-state index contributed by atoms with van der Waals surface area (Å²) in [6.45, 7) is 11.3. The van der Waals surface area contributed by atoms with E-state index in [0.29, 0.717) is 46.9 Å². The molecule has 1 aliphatic heterocycles. The second kappa shape index (κ2) is 12.4. The molecule has 6 rings (SSSR count). The van der Waals surface area contributed by atoms with E-state index in [-0.39, 0.29) is 18.0 Å². The predicted molar refractivity (Wildman–Crippen MR) is 171 cm³/mol. The quantitative estimate of drug-likeness (QED) is 0.211. The molecule has 1 aliphatic rings. The number of aliphatic hydroxyl groups is 1. The summed E-state index contributed by atoms with van der Waals surface area (Å²) in [5, 5.41) is 23.2. The Morgan fingerprint density at radius 1 is 0.978 bits per heavy atom. The third-order valence-electron chi connectivity index (χ3n) is 7.61. The van der Waals surface area contributed by atoms with Crippen molar-refractivity contribution in [2.45, 2.75) is 66.4 Å². The van der Waals surface area contributed by atoms with E-state index >= 15 is 4.39 Å². The summed E-state index contributed by atoms with van der Waals surface area (Å²) in [6, 6.07) is 15.5. The van der Waals surface area contributed by atoms with Crippen LogP contribution in [0.1, 0.15) is 55.1 Å². The fraction of sp³-hybridized carbons (Fsp3) is 0.306. The second-order valence-corrected chi connectivity index (χ2v) is 12.4. The van der Waals surface area contributed by atoms with Crippen LogP contribution >= 0.6 is 0 Å². The van der Waals surface area contributed by atoms with Crippen LogP contribution < -0.4 is 4.74 Å². The first-order chi connectivity index (χ1) is 21.2. The molecule has 0 radical (unpaired) electrons. The number of nitrogens with zero attached hydrogens (tertiary/aromatic N) is 3. The number of ether oxygens (including phenoxy) is 1. The van der Waals surface area contributed by atoms with Crippen molar-refractivity contribution in [2.24, 2.45) is 0 Å². The molecule has 0 amide bonds. The number of halogens is 2. The number of hydrogen-bond donors (Lipinski definition) is 2. The van der Waals surface area contributed by atoms with Gasteiger partial charge in [0.15, 0.2) is 17.2 Å². The first kappa shape index (κ1) is 31.8. The highest BCUT2D eigenvalue weighted by atomic mass is 19.1. The smallest absolute Gasteiger partial charge is 0.307 e. The van der Waals surface area contributed by atoms with E-state index in [1.165, 1.54) is 18.2 Å². The Hall–Kier alpha value is -4.63. The van der Waals surface area contributed by atoms with Gasteiger partial charge in [-0.25, -0.2) is 18.3 Å². The third-order valence-corrected chi connectivity index (χ3v) is 7.61. The Balaban J connectivity index is 0.000000743. The Kier molecular flexibility index (Phi) is 8.76. The van der Waals surface area contributed by atoms with E-state index in [0.717, 1.165) is 39.8 Å². The van der Waals surface area contributed by atoms with Crippen LogP contribution in [0.4, 0.5) is 8.78 Å². The van der Waals surface area contributed by atoms with Gasteiger partial charge in [0, 0.05) is 33.5 Å². The molecule has 2 N–H and O–H groups in total. The largest absolute Gasteiger partial charge is 0.490 e. The number of benzene rings is 3. The van der Waals surface area contributed by atoms with Crippen molar-refractivity contribution in [3.63, 3.8) is 0 Å². The molecule has 0 fully saturated rings. The second-order valence-electron chi connectivity index (χ2n) is 12.4. The number of hydrogen-bond acceptors (Lipinski definition) is 5. The predicted octanol–water partition coefficient (Wildman–Crippen LogP) is 7.66. The van der Waals surface area contributed by atoms with Crippen molar-refractivity contribution >= 4 is 11.6 Å². The van der Waals surface area contributed by atoms with Gasteiger partial charge in [0.1, 0.15) is 5.82 Å². The summed E-state index contributed by atoms with van der Waals surface area (Å²) in [6.07, 6.45) is 1.15. The summed E-state index contributed by atoms with van der Waals surface area (Å²) in [5.74, 6) is -1.55. The van der Waals surface area contributed by atoms with E-state index in [2.05, 4.69) is 0 Å². The maximum absolute atomic E-state index is 15.4. The van der Waals surface area contributed by atoms with Gasteiger partial charge in [0.05, 0.1) is 30.0 Å². The molecule has 0 spiro atoms. The number of rotatable bonds is 5. The topological polar surface area (TPSA) is 97.0 Å². The fourth-order valence-electron chi connectivity index (χ4n) is 5.63. The molecule has 3 heterocycles. The van der Waals surface area contributed by atoms with Gasteiger partial charge in [-0.3, -0.25) is 4.79 Å². The summed E-state index contributed by atoms with van der Waals surface area (Å²) in [7, 11) is 0. The van der Waals surface area contributed by atoms with Crippen LogP contribution in [-0.4, -0.2) is 43.0 Å². The molecular weight excluding hydrogens is 576 g/mol. The van der Waals surface area contributed by atoms with Crippen LogP contribution in [0.2, 0.25) is 0 Å². The first-order valence-electron chi connectivity index (χ1n) is 14.9. The van der Waals surface area contributed by atoms with Crippen molar-refractivity contribution in [2.75, 3.05) is 6.61 Å². The zero-order chi connectivity index (χ0) is 32.6. The summed E-state index contributed by atoms with van der Waals surface area (Å²) in [4.78, 5) is 16.7. The summed E-state index contributed by atoms with van der Waals surface area (Å²) in [5.41, 5.74) is 7.58. The van der Waals surface area contributed by atoms with Gasteiger partial charge in [-0.05, 0) is 95.3 Å². The Bertz CT molecular complexity index is 1920. The molecular formula is C36H37F2N3O4. The van der Waals surface area contributed by atoms with E-state index < -0.39 is 17.4 Å². The lowest BCUT2D eigenvalue weighted by Crippen LogP contribution is -2.14. The zero-order valence-electron chi connectivity index (χ0n) is 26.3. The maximum Gasteiger partial charge on any atom is 0.307 e. The van der Waals surface area contributed by atoms with Crippen LogP contribution in [0.5, 0.6) is 5.75 Å². The minimum atomic E-state index is -1.02. The van der Waals surface area contributed by atoms with Crippen molar-refractivity contribution in [1.82, 2.24) is 14.6 Å². The molecule has 45 heavy (non-hydrogen) atoms.